The van der Waals surface area contributed by atoms with Gasteiger partial charge < -0.3 is 15.4 Å². The number of pyridine rings is 1. The Hall–Kier alpha value is -1.62. The van der Waals surface area contributed by atoms with Crippen molar-refractivity contribution in [2.24, 2.45) is 0 Å². The van der Waals surface area contributed by atoms with Crippen molar-refractivity contribution < 1.29 is 9.53 Å². The first-order valence-electron chi connectivity index (χ1n) is 7.25. The Morgan fingerprint density at radius 3 is 2.75 bits per heavy atom. The van der Waals surface area contributed by atoms with Crippen LogP contribution in [0.15, 0.2) is 18.3 Å². The van der Waals surface area contributed by atoms with Crippen molar-refractivity contribution in [3.63, 3.8) is 0 Å². The lowest BCUT2D eigenvalue weighted by atomic mass is 10.2. The average molecular weight is 279 g/mol. The molecule has 5 nitrogen and oxygen atoms in total. The first kappa shape index (κ1) is 16.4. The van der Waals surface area contributed by atoms with Crippen molar-refractivity contribution in [1.82, 2.24) is 10.3 Å². The Balaban J connectivity index is 2.31. The summed E-state index contributed by atoms with van der Waals surface area (Å²) in [6.07, 6.45) is 6.10. The molecule has 20 heavy (non-hydrogen) atoms. The maximum Gasteiger partial charge on any atom is 0.269 e. The lowest BCUT2D eigenvalue weighted by molar-refractivity contribution is 0.0943. The quantitative estimate of drug-likeness (QED) is 0.646. The van der Waals surface area contributed by atoms with E-state index in [0.717, 1.165) is 25.1 Å². The Labute approximate surface area is 121 Å². The number of nitrogens with one attached hydrogen (secondary N) is 2. The highest BCUT2D eigenvalue weighted by Crippen LogP contribution is 2.07. The van der Waals surface area contributed by atoms with E-state index in [1.54, 1.807) is 19.4 Å². The van der Waals surface area contributed by atoms with Gasteiger partial charge >= 0.3 is 0 Å². The van der Waals surface area contributed by atoms with Gasteiger partial charge in [0.05, 0.1) is 11.9 Å². The largest absolute Gasteiger partial charge is 0.385 e. The molecule has 1 heterocycles. The second-order valence-corrected chi connectivity index (χ2v) is 4.67. The Bertz CT molecular complexity index is 379. The summed E-state index contributed by atoms with van der Waals surface area (Å²) in [6, 6.07) is 3.64. The summed E-state index contributed by atoms with van der Waals surface area (Å²) in [4.78, 5) is 16.0. The van der Waals surface area contributed by atoms with Gasteiger partial charge in [-0.1, -0.05) is 19.8 Å². The van der Waals surface area contributed by atoms with Crippen LogP contribution in [0.3, 0.4) is 0 Å². The van der Waals surface area contributed by atoms with Gasteiger partial charge in [-0.25, -0.2) is 4.98 Å². The van der Waals surface area contributed by atoms with Crippen molar-refractivity contribution in [3.8, 4) is 0 Å². The molecule has 0 aromatic carbocycles. The van der Waals surface area contributed by atoms with E-state index in [2.05, 4.69) is 22.5 Å². The molecule has 0 unspecified atom stereocenters. The fraction of sp³-hybridized carbons (Fsp3) is 0.600. The van der Waals surface area contributed by atoms with Crippen molar-refractivity contribution in [1.29, 1.82) is 0 Å². The number of aromatic nitrogens is 1. The lowest BCUT2D eigenvalue weighted by Gasteiger charge is -2.07. The molecule has 0 aliphatic carbocycles. The molecule has 2 N–H and O–H groups in total. The summed E-state index contributed by atoms with van der Waals surface area (Å²) in [5.74, 6) is -0.140. The van der Waals surface area contributed by atoms with Gasteiger partial charge in [0.2, 0.25) is 0 Å². The van der Waals surface area contributed by atoms with Gasteiger partial charge in [0.15, 0.2) is 0 Å². The van der Waals surface area contributed by atoms with Crippen LogP contribution in [0.4, 0.5) is 5.69 Å². The summed E-state index contributed by atoms with van der Waals surface area (Å²) in [5.41, 5.74) is 1.40. The predicted octanol–water partition coefficient (Wildman–Crippen LogP) is 2.45. The van der Waals surface area contributed by atoms with E-state index >= 15 is 0 Å². The normalized spacial score (nSPS) is 10.3. The minimum atomic E-state index is -0.140. The Kier molecular flexibility index (Phi) is 8.38. The first-order valence-corrected chi connectivity index (χ1v) is 7.25. The molecule has 5 heteroatoms. The number of amides is 1. The molecule has 1 rings (SSSR count). The second kappa shape index (κ2) is 10.2. The average Bonchev–Trinajstić information content (AvgIpc) is 2.48. The fourth-order valence-corrected chi connectivity index (χ4v) is 1.75. The summed E-state index contributed by atoms with van der Waals surface area (Å²) >= 11 is 0. The standard InChI is InChI=1S/C15H25N3O2/c1-3-4-5-9-16-13-7-8-14(18-12-13)15(19)17-10-6-11-20-2/h7-8,12,16H,3-6,9-11H2,1-2H3,(H,17,19). The maximum atomic E-state index is 11.8. The Morgan fingerprint density at radius 1 is 1.25 bits per heavy atom. The zero-order valence-corrected chi connectivity index (χ0v) is 12.4. The highest BCUT2D eigenvalue weighted by molar-refractivity contribution is 5.92. The van der Waals surface area contributed by atoms with Crippen LogP contribution in [-0.2, 0) is 4.74 Å². The van der Waals surface area contributed by atoms with Gasteiger partial charge in [0, 0.05) is 26.8 Å². The van der Waals surface area contributed by atoms with Crippen LogP contribution in [0.1, 0.15) is 43.1 Å². The molecule has 1 aromatic rings. The number of anilines is 1. The molecule has 0 saturated carbocycles. The van der Waals surface area contributed by atoms with Crippen LogP contribution in [0.2, 0.25) is 0 Å². The molecular weight excluding hydrogens is 254 g/mol. The summed E-state index contributed by atoms with van der Waals surface area (Å²) < 4.78 is 4.92. The molecular formula is C15H25N3O2. The summed E-state index contributed by atoms with van der Waals surface area (Å²) in [6.45, 7) is 4.37. The highest BCUT2D eigenvalue weighted by Gasteiger charge is 2.05. The third-order valence-electron chi connectivity index (χ3n) is 2.92. The molecule has 0 aliphatic heterocycles. The summed E-state index contributed by atoms with van der Waals surface area (Å²) in [5, 5.41) is 6.11. The van der Waals surface area contributed by atoms with E-state index in [0.29, 0.717) is 18.8 Å². The maximum absolute atomic E-state index is 11.8. The fourth-order valence-electron chi connectivity index (χ4n) is 1.75. The molecule has 0 saturated heterocycles. The number of unbranched alkanes of at least 4 members (excludes halogenated alkanes) is 2. The molecule has 1 amide bonds. The van der Waals surface area contributed by atoms with Crippen molar-refractivity contribution >= 4 is 11.6 Å². The van der Waals surface area contributed by atoms with Gasteiger partial charge in [-0.2, -0.15) is 0 Å². The highest BCUT2D eigenvalue weighted by atomic mass is 16.5. The lowest BCUT2D eigenvalue weighted by Crippen LogP contribution is -2.26. The zero-order valence-electron chi connectivity index (χ0n) is 12.4. The Morgan fingerprint density at radius 2 is 2.10 bits per heavy atom. The van der Waals surface area contributed by atoms with E-state index < -0.39 is 0 Å². The van der Waals surface area contributed by atoms with Crippen LogP contribution in [0, 0.1) is 0 Å². The van der Waals surface area contributed by atoms with Crippen LogP contribution < -0.4 is 10.6 Å². The van der Waals surface area contributed by atoms with E-state index in [9.17, 15) is 4.79 Å². The van der Waals surface area contributed by atoms with Crippen LogP contribution in [0.25, 0.3) is 0 Å². The molecule has 1 aromatic heterocycles. The SMILES string of the molecule is CCCCCNc1ccc(C(=O)NCCCOC)nc1. The molecule has 0 bridgehead atoms. The number of hydrogen-bond donors (Lipinski definition) is 2. The van der Waals surface area contributed by atoms with E-state index in [1.807, 2.05) is 6.07 Å². The number of nitrogens with zero attached hydrogens (tertiary/aromatic N) is 1. The number of carbonyl (C=O) groups excluding carboxylic acids is 1. The van der Waals surface area contributed by atoms with E-state index in [4.69, 9.17) is 4.74 Å². The van der Waals surface area contributed by atoms with Gasteiger partial charge in [-0.05, 0) is 25.0 Å². The third kappa shape index (κ3) is 6.52. The number of hydrogen-bond acceptors (Lipinski definition) is 4. The van der Waals surface area contributed by atoms with Crippen molar-refractivity contribution in [2.45, 2.75) is 32.6 Å². The van der Waals surface area contributed by atoms with Gasteiger partial charge in [0.1, 0.15) is 5.69 Å². The minimum absolute atomic E-state index is 0.140. The monoisotopic (exact) mass is 279 g/mol. The molecule has 0 spiro atoms. The molecule has 0 atom stereocenters. The number of rotatable bonds is 10. The smallest absolute Gasteiger partial charge is 0.269 e. The number of carbonyl (C=O) groups is 1. The topological polar surface area (TPSA) is 63.2 Å². The van der Waals surface area contributed by atoms with Gasteiger partial charge in [0.25, 0.3) is 5.91 Å². The van der Waals surface area contributed by atoms with Gasteiger partial charge in [-0.3, -0.25) is 4.79 Å². The van der Waals surface area contributed by atoms with Crippen molar-refractivity contribution in [2.75, 3.05) is 32.1 Å². The molecule has 0 aliphatic rings. The minimum Gasteiger partial charge on any atom is -0.385 e. The van der Waals surface area contributed by atoms with Crippen LogP contribution in [-0.4, -0.2) is 37.7 Å². The van der Waals surface area contributed by atoms with Gasteiger partial charge in [-0.15, -0.1) is 0 Å². The number of methoxy groups -OCH3 is 1. The van der Waals surface area contributed by atoms with Crippen LogP contribution >= 0.6 is 0 Å². The first-order chi connectivity index (χ1) is 9.77. The number of ether oxygens (including phenoxy) is 1. The molecule has 112 valence electrons. The predicted molar refractivity (Wildman–Crippen MR) is 81.1 cm³/mol. The van der Waals surface area contributed by atoms with Crippen LogP contribution in [0.5, 0.6) is 0 Å². The van der Waals surface area contributed by atoms with Crippen molar-refractivity contribution in [3.05, 3.63) is 24.0 Å². The third-order valence-corrected chi connectivity index (χ3v) is 2.92. The molecule has 0 radical (unpaired) electrons. The van der Waals surface area contributed by atoms with E-state index in [1.165, 1.54) is 12.8 Å². The van der Waals surface area contributed by atoms with E-state index in [-0.39, 0.29) is 5.91 Å². The summed E-state index contributed by atoms with van der Waals surface area (Å²) in [7, 11) is 1.65. The molecule has 0 fully saturated rings. The zero-order chi connectivity index (χ0) is 14.6. The second-order valence-electron chi connectivity index (χ2n) is 4.67.